The van der Waals surface area contributed by atoms with Crippen molar-refractivity contribution in [3.05, 3.63) is 47.2 Å². The first-order valence-electron chi connectivity index (χ1n) is 22.1. The molecule has 0 radical (unpaired) electrons. The zero-order valence-electron chi connectivity index (χ0n) is 37.3. The number of rotatable bonds is 12. The van der Waals surface area contributed by atoms with Crippen molar-refractivity contribution in [1.29, 1.82) is 0 Å². The predicted octanol–water partition coefficient (Wildman–Crippen LogP) is 8.10. The van der Waals surface area contributed by atoms with Gasteiger partial charge in [-0.3, -0.25) is 23.8 Å². The Morgan fingerprint density at radius 1 is 0.934 bits per heavy atom. The minimum absolute atomic E-state index is 0.0288. The second-order valence-corrected chi connectivity index (χ2v) is 22.8. The quantitative estimate of drug-likeness (QED) is 0.148. The Hall–Kier alpha value is -4.07. The minimum Gasteiger partial charge on any atom is -0.469 e. The fourth-order valence-electron chi connectivity index (χ4n) is 13.2. The second kappa shape index (κ2) is 15.6. The zero-order valence-corrected chi connectivity index (χ0v) is 38.2. The summed E-state index contributed by atoms with van der Waals surface area (Å²) in [7, 11) is -2.82. The maximum atomic E-state index is 14.8. The summed E-state index contributed by atoms with van der Waals surface area (Å²) in [5.41, 5.74) is -0.478. The van der Waals surface area contributed by atoms with Crippen LogP contribution in [0.25, 0.3) is 0 Å². The summed E-state index contributed by atoms with van der Waals surface area (Å²) in [6.07, 6.45) is 8.71. The highest BCUT2D eigenvalue weighted by Gasteiger charge is 2.70. The van der Waals surface area contributed by atoms with E-state index in [-0.39, 0.29) is 98.5 Å². The number of nitrogens with zero attached hydrogens (tertiary/aromatic N) is 2. The summed E-state index contributed by atoms with van der Waals surface area (Å²) in [6.45, 7) is 17.4. The van der Waals surface area contributed by atoms with Crippen molar-refractivity contribution >= 4 is 33.3 Å². The van der Waals surface area contributed by atoms with Crippen molar-refractivity contribution in [2.75, 3.05) is 7.11 Å². The fraction of sp³-hybridized carbons (Fsp3) is 0.702. The molecular formula is C47H64N2O11S. The number of ketones is 2. The second-order valence-electron chi connectivity index (χ2n) is 20.9. The van der Waals surface area contributed by atoms with E-state index in [1.807, 2.05) is 13.0 Å². The molecule has 5 aliphatic rings. The van der Waals surface area contributed by atoms with Crippen LogP contribution in [0.15, 0.2) is 56.5 Å². The molecule has 5 aliphatic carbocycles. The standard InChI is InChI=1S/C47H64N2O11S/c1-29(58-39-40(49(54)60-48-39)61(55,56)31-13-11-10-12-14-31)15-16-30(50)17-18-37(52)59-36-20-21-45(6)35(42(36,2)3)19-22-47(8)38(45)34(51)27-32-33-28-44(5,41(53)57-9)24-23-43(33,4)25-26-46(32,47)7/h10-14,27,29,33,35-36,38H,15-26,28H2,1-9H3/t29?,33-,35-,36-,38+,43+,44-,45-,46+,47+/m0/s1. The molecule has 0 amide bonds. The lowest BCUT2D eigenvalue weighted by molar-refractivity contribution is -0.832. The zero-order chi connectivity index (χ0) is 44.6. The first kappa shape index (κ1) is 45.0. The highest BCUT2D eigenvalue weighted by molar-refractivity contribution is 7.91. The molecule has 14 heteroatoms. The first-order chi connectivity index (χ1) is 28.5. The number of benzene rings is 1. The van der Waals surface area contributed by atoms with Crippen LogP contribution in [0, 0.1) is 55.5 Å². The molecule has 4 fully saturated rings. The number of methoxy groups -OCH3 is 1. The van der Waals surface area contributed by atoms with E-state index in [1.54, 1.807) is 13.0 Å². The van der Waals surface area contributed by atoms with Crippen molar-refractivity contribution in [1.82, 2.24) is 5.16 Å². The van der Waals surface area contributed by atoms with Crippen LogP contribution in [0.4, 0.5) is 0 Å². The van der Waals surface area contributed by atoms with E-state index in [9.17, 15) is 32.8 Å². The van der Waals surface area contributed by atoms with Crippen LogP contribution in [0.5, 0.6) is 5.88 Å². The van der Waals surface area contributed by atoms with Gasteiger partial charge in [0.25, 0.3) is 9.84 Å². The molecule has 1 heterocycles. The lowest BCUT2D eigenvalue weighted by Crippen LogP contribution is -2.66. The molecule has 13 nitrogen and oxygen atoms in total. The molecule has 10 atom stereocenters. The average Bonchev–Trinajstić information content (AvgIpc) is 3.58. The SMILES string of the molecule is COC(=O)[C@@]1(C)CC[C@]2(C)CC[C@]3(C)C(=CC(=O)[C@@H]4[C@@]5(C)CC[C@H](OC(=O)CCC(=O)CCC(C)Oc6no[n+]([O-])c6S(=O)(=O)c6ccccc6)C(C)(C)[C@@H]5CC[C@]43C)[C@@H]2C1. The molecule has 0 saturated heterocycles. The van der Waals surface area contributed by atoms with Crippen LogP contribution >= 0.6 is 0 Å². The number of esters is 2. The number of allylic oxidation sites excluding steroid dienone is 2. The van der Waals surface area contributed by atoms with Gasteiger partial charge in [-0.1, -0.05) is 65.3 Å². The molecule has 4 saturated carbocycles. The Kier molecular flexibility index (Phi) is 11.5. The number of carbonyl (C=O) groups excluding carboxylic acids is 4. The van der Waals surface area contributed by atoms with Gasteiger partial charge in [-0.2, -0.15) is 0 Å². The van der Waals surface area contributed by atoms with E-state index in [0.29, 0.717) is 12.8 Å². The van der Waals surface area contributed by atoms with Crippen molar-refractivity contribution in [2.24, 2.45) is 50.2 Å². The maximum Gasteiger partial charge on any atom is 0.415 e. The van der Waals surface area contributed by atoms with Crippen molar-refractivity contribution in [2.45, 2.75) is 161 Å². The smallest absolute Gasteiger partial charge is 0.415 e. The third-order valence-corrected chi connectivity index (χ3v) is 18.8. The fourth-order valence-corrected chi connectivity index (χ4v) is 14.5. The summed E-state index contributed by atoms with van der Waals surface area (Å²) in [5.74, 6) is -0.998. The van der Waals surface area contributed by atoms with Crippen LogP contribution in [0.3, 0.4) is 0 Å². The van der Waals surface area contributed by atoms with Gasteiger partial charge in [-0.15, -0.1) is 0 Å². The van der Waals surface area contributed by atoms with Gasteiger partial charge in [0, 0.05) is 24.2 Å². The van der Waals surface area contributed by atoms with Gasteiger partial charge < -0.3 is 19.4 Å². The van der Waals surface area contributed by atoms with Crippen LogP contribution < -0.4 is 9.64 Å². The summed E-state index contributed by atoms with van der Waals surface area (Å²) in [5, 5.41) is 15.0. The van der Waals surface area contributed by atoms with Gasteiger partial charge in [0.05, 0.1) is 29.0 Å². The van der Waals surface area contributed by atoms with E-state index < -0.39 is 43.6 Å². The molecule has 1 aromatic carbocycles. The highest BCUT2D eigenvalue weighted by Crippen LogP contribution is 2.75. The Balaban J connectivity index is 0.970. The number of hydrogen-bond acceptors (Lipinski definition) is 12. The van der Waals surface area contributed by atoms with Crippen molar-refractivity contribution in [3.8, 4) is 5.88 Å². The molecule has 0 bridgehead atoms. The number of hydrogen-bond donors (Lipinski definition) is 0. The van der Waals surface area contributed by atoms with Gasteiger partial charge in [-0.05, 0) is 135 Å². The molecule has 1 aromatic heterocycles. The van der Waals surface area contributed by atoms with Gasteiger partial charge in [0.1, 0.15) is 18.0 Å². The number of fused-ring (bicyclic) bond motifs is 7. The van der Waals surface area contributed by atoms with Crippen molar-refractivity contribution in [3.63, 3.8) is 0 Å². The Labute approximate surface area is 360 Å². The van der Waals surface area contributed by atoms with Crippen LogP contribution in [0.2, 0.25) is 0 Å². The summed E-state index contributed by atoms with van der Waals surface area (Å²) >= 11 is 0. The molecular weight excluding hydrogens is 801 g/mol. The third-order valence-electron chi connectivity index (χ3n) is 17.1. The normalized spacial score (nSPS) is 35.9. The number of aromatic nitrogens is 2. The van der Waals surface area contributed by atoms with E-state index >= 15 is 0 Å². The van der Waals surface area contributed by atoms with E-state index in [2.05, 4.69) is 51.3 Å². The predicted molar refractivity (Wildman–Crippen MR) is 222 cm³/mol. The Morgan fingerprint density at radius 3 is 2.31 bits per heavy atom. The Bertz CT molecular complexity index is 2220. The molecule has 334 valence electrons. The number of ether oxygens (including phenoxy) is 3. The lowest BCUT2D eigenvalue weighted by atomic mass is 9.33. The van der Waals surface area contributed by atoms with E-state index in [0.717, 1.165) is 44.9 Å². The monoisotopic (exact) mass is 864 g/mol. The van der Waals surface area contributed by atoms with Gasteiger partial charge in [0.15, 0.2) is 5.78 Å². The maximum absolute atomic E-state index is 14.8. The first-order valence-corrected chi connectivity index (χ1v) is 23.6. The van der Waals surface area contributed by atoms with E-state index in [4.69, 9.17) is 14.2 Å². The summed E-state index contributed by atoms with van der Waals surface area (Å²) in [6, 6.07) is 7.37. The molecule has 0 spiro atoms. The molecule has 1 unspecified atom stereocenters. The highest BCUT2D eigenvalue weighted by atomic mass is 32.2. The Morgan fingerprint density at radius 2 is 1.62 bits per heavy atom. The van der Waals surface area contributed by atoms with Gasteiger partial charge in [0.2, 0.25) is 0 Å². The van der Waals surface area contributed by atoms with Gasteiger partial charge in [-0.25, -0.2) is 8.42 Å². The molecule has 0 aliphatic heterocycles. The topological polar surface area (TPSA) is 183 Å². The van der Waals surface area contributed by atoms with Crippen molar-refractivity contribution < 1.29 is 51.3 Å². The minimum atomic E-state index is -4.29. The third kappa shape index (κ3) is 7.33. The number of Topliss-reactive ketones (excluding diaryl/α,β-unsaturated/α-hetero) is 1. The molecule has 0 N–H and O–H groups in total. The van der Waals surface area contributed by atoms with Crippen LogP contribution in [-0.4, -0.2) is 56.4 Å². The molecule has 61 heavy (non-hydrogen) atoms. The van der Waals surface area contributed by atoms with Gasteiger partial charge >= 0.3 is 22.8 Å². The van der Waals surface area contributed by atoms with E-state index in [1.165, 1.54) is 36.9 Å². The number of sulfone groups is 1. The lowest BCUT2D eigenvalue weighted by Gasteiger charge is -2.70. The average molecular weight is 865 g/mol. The summed E-state index contributed by atoms with van der Waals surface area (Å²) in [4.78, 5) is 53.8. The largest absolute Gasteiger partial charge is 0.469 e. The molecule has 2 aromatic rings. The molecule has 7 rings (SSSR count). The summed E-state index contributed by atoms with van der Waals surface area (Å²) < 4.78 is 47.9. The van der Waals surface area contributed by atoms with Crippen LogP contribution in [0.1, 0.15) is 139 Å². The number of carbonyl (C=O) groups is 4. The van der Waals surface area contributed by atoms with Crippen LogP contribution in [-0.2, 0) is 38.5 Å².